The van der Waals surface area contributed by atoms with Crippen molar-refractivity contribution in [3.63, 3.8) is 0 Å². The van der Waals surface area contributed by atoms with Crippen LogP contribution >= 0.6 is 0 Å². The third-order valence-electron chi connectivity index (χ3n) is 6.13. The smallest absolute Gasteiger partial charge is 0.226 e. The number of hydrogen-bond donors (Lipinski definition) is 1. The highest BCUT2D eigenvalue weighted by molar-refractivity contribution is 5.83. The Labute approximate surface area is 188 Å². The molecule has 1 aliphatic rings. The van der Waals surface area contributed by atoms with E-state index in [4.69, 9.17) is 19.4 Å². The normalized spacial score (nSPS) is 17.1. The van der Waals surface area contributed by atoms with Crippen LogP contribution in [0, 0.1) is 12.8 Å². The summed E-state index contributed by atoms with van der Waals surface area (Å²) in [6, 6.07) is 13.6. The Morgan fingerprint density at radius 1 is 1.09 bits per heavy atom. The van der Waals surface area contributed by atoms with Crippen LogP contribution in [0.25, 0.3) is 10.9 Å². The topological polar surface area (TPSA) is 76.6 Å². The molecule has 168 valence electrons. The van der Waals surface area contributed by atoms with Crippen LogP contribution in [0.3, 0.4) is 0 Å². The van der Waals surface area contributed by atoms with Crippen LogP contribution in [0.5, 0.6) is 11.5 Å². The highest BCUT2D eigenvalue weighted by atomic mass is 16.5. The van der Waals surface area contributed by atoms with Gasteiger partial charge < -0.3 is 19.7 Å². The fourth-order valence-corrected chi connectivity index (χ4v) is 4.20. The molecule has 1 amide bonds. The van der Waals surface area contributed by atoms with E-state index in [0.717, 1.165) is 53.0 Å². The number of piperidine rings is 1. The molecule has 0 radical (unpaired) electrons. The third kappa shape index (κ3) is 4.61. The maximum atomic E-state index is 13.0. The quantitative estimate of drug-likeness (QED) is 0.631. The number of nitrogens with zero attached hydrogens (tertiary/aromatic N) is 3. The van der Waals surface area contributed by atoms with Gasteiger partial charge in [-0.15, -0.1) is 0 Å². The standard InChI is InChI=1S/C25H30N4O3/c1-16(18-7-9-20(31-3)10-8-18)26-24(30)19-6-5-13-29(15-19)25-27-17(2)22-12-11-21(32-4)14-23(22)28-25/h7-12,14,16,19H,5-6,13,15H2,1-4H3,(H,26,30)/t16-,19-/m1/s1. The van der Waals surface area contributed by atoms with E-state index in [0.29, 0.717) is 12.5 Å². The Bertz CT molecular complexity index is 1100. The predicted octanol–water partition coefficient (Wildman–Crippen LogP) is 4.05. The molecule has 0 unspecified atom stereocenters. The average Bonchev–Trinajstić information content (AvgIpc) is 2.83. The Hall–Kier alpha value is -3.35. The van der Waals surface area contributed by atoms with Crippen LogP contribution in [0.1, 0.15) is 37.1 Å². The minimum Gasteiger partial charge on any atom is -0.497 e. The lowest BCUT2D eigenvalue weighted by atomic mass is 9.96. The van der Waals surface area contributed by atoms with Crippen molar-refractivity contribution in [2.45, 2.75) is 32.7 Å². The number of aromatic nitrogens is 2. The molecule has 2 atom stereocenters. The Kier molecular flexibility index (Phi) is 6.44. The lowest BCUT2D eigenvalue weighted by molar-refractivity contribution is -0.125. The monoisotopic (exact) mass is 434 g/mol. The zero-order valence-electron chi connectivity index (χ0n) is 19.1. The maximum absolute atomic E-state index is 13.0. The van der Waals surface area contributed by atoms with Crippen LogP contribution in [-0.2, 0) is 4.79 Å². The van der Waals surface area contributed by atoms with E-state index in [-0.39, 0.29) is 17.9 Å². The number of rotatable bonds is 6. The number of aryl methyl sites for hydroxylation is 1. The van der Waals surface area contributed by atoms with Crippen molar-refractivity contribution in [2.75, 3.05) is 32.2 Å². The molecule has 2 aromatic carbocycles. The van der Waals surface area contributed by atoms with Crippen LogP contribution in [-0.4, -0.2) is 43.2 Å². The number of ether oxygens (including phenoxy) is 2. The molecule has 0 bridgehead atoms. The highest BCUT2D eigenvalue weighted by Gasteiger charge is 2.28. The summed E-state index contributed by atoms with van der Waals surface area (Å²) in [7, 11) is 3.29. The Balaban J connectivity index is 1.47. The van der Waals surface area contributed by atoms with Gasteiger partial charge in [0.2, 0.25) is 11.9 Å². The predicted molar refractivity (Wildman–Crippen MR) is 125 cm³/mol. The van der Waals surface area contributed by atoms with E-state index in [1.807, 2.05) is 56.3 Å². The second-order valence-corrected chi connectivity index (χ2v) is 8.28. The van der Waals surface area contributed by atoms with Gasteiger partial charge in [0.25, 0.3) is 0 Å². The van der Waals surface area contributed by atoms with Crippen LogP contribution in [0.2, 0.25) is 0 Å². The molecule has 2 heterocycles. The van der Waals surface area contributed by atoms with Gasteiger partial charge in [-0.1, -0.05) is 12.1 Å². The largest absolute Gasteiger partial charge is 0.497 e. The fourth-order valence-electron chi connectivity index (χ4n) is 4.20. The van der Waals surface area contributed by atoms with Crippen LogP contribution in [0.4, 0.5) is 5.95 Å². The number of hydrogen-bond acceptors (Lipinski definition) is 6. The molecule has 7 heteroatoms. The van der Waals surface area contributed by atoms with Crippen molar-refractivity contribution in [3.8, 4) is 11.5 Å². The van der Waals surface area contributed by atoms with E-state index in [2.05, 4.69) is 10.2 Å². The fraction of sp³-hybridized carbons (Fsp3) is 0.400. The number of carbonyl (C=O) groups is 1. The zero-order chi connectivity index (χ0) is 22.7. The van der Waals surface area contributed by atoms with Crippen LogP contribution < -0.4 is 19.7 Å². The highest BCUT2D eigenvalue weighted by Crippen LogP contribution is 2.27. The molecule has 7 nitrogen and oxygen atoms in total. The van der Waals surface area contributed by atoms with E-state index >= 15 is 0 Å². The van der Waals surface area contributed by atoms with E-state index in [9.17, 15) is 4.79 Å². The molecule has 1 aliphatic heterocycles. The van der Waals surface area contributed by atoms with Gasteiger partial charge in [-0.05, 0) is 56.5 Å². The number of nitrogens with one attached hydrogen (secondary N) is 1. The summed E-state index contributed by atoms with van der Waals surface area (Å²) in [5.74, 6) is 2.21. The lowest BCUT2D eigenvalue weighted by Crippen LogP contribution is -2.44. The number of benzene rings is 2. The molecule has 4 rings (SSSR count). The van der Waals surface area contributed by atoms with Crippen molar-refractivity contribution >= 4 is 22.8 Å². The van der Waals surface area contributed by atoms with Crippen molar-refractivity contribution < 1.29 is 14.3 Å². The van der Waals surface area contributed by atoms with E-state index < -0.39 is 0 Å². The maximum Gasteiger partial charge on any atom is 0.226 e. The van der Waals surface area contributed by atoms with Crippen molar-refractivity contribution in [1.82, 2.24) is 15.3 Å². The minimum absolute atomic E-state index is 0.0669. The number of fused-ring (bicyclic) bond motifs is 1. The van der Waals surface area contributed by atoms with Gasteiger partial charge in [0.1, 0.15) is 11.5 Å². The van der Waals surface area contributed by atoms with Gasteiger partial charge in [-0.2, -0.15) is 0 Å². The minimum atomic E-state index is -0.102. The number of carbonyl (C=O) groups excluding carboxylic acids is 1. The summed E-state index contributed by atoms with van der Waals surface area (Å²) in [6.07, 6.45) is 1.78. The molecule has 1 fully saturated rings. The number of anilines is 1. The zero-order valence-corrected chi connectivity index (χ0v) is 19.1. The van der Waals surface area contributed by atoms with Crippen molar-refractivity contribution in [1.29, 1.82) is 0 Å². The van der Waals surface area contributed by atoms with Gasteiger partial charge in [0.15, 0.2) is 0 Å². The molecular weight excluding hydrogens is 404 g/mol. The number of amides is 1. The molecular formula is C25H30N4O3. The number of methoxy groups -OCH3 is 2. The summed E-state index contributed by atoms with van der Waals surface area (Å²) in [5, 5.41) is 4.18. The van der Waals surface area contributed by atoms with Crippen molar-refractivity contribution in [3.05, 3.63) is 53.7 Å². The summed E-state index contributed by atoms with van der Waals surface area (Å²) in [5.41, 5.74) is 2.83. The molecule has 3 aromatic rings. The summed E-state index contributed by atoms with van der Waals surface area (Å²) >= 11 is 0. The second kappa shape index (κ2) is 9.42. The van der Waals surface area contributed by atoms with Gasteiger partial charge in [-0.3, -0.25) is 4.79 Å². The molecule has 32 heavy (non-hydrogen) atoms. The van der Waals surface area contributed by atoms with Gasteiger partial charge in [0, 0.05) is 24.5 Å². The third-order valence-corrected chi connectivity index (χ3v) is 6.13. The first kappa shape index (κ1) is 21.9. The lowest BCUT2D eigenvalue weighted by Gasteiger charge is -2.33. The Morgan fingerprint density at radius 2 is 1.81 bits per heavy atom. The van der Waals surface area contributed by atoms with Crippen LogP contribution in [0.15, 0.2) is 42.5 Å². The second-order valence-electron chi connectivity index (χ2n) is 8.28. The summed E-state index contributed by atoms with van der Waals surface area (Å²) in [6.45, 7) is 5.44. The Morgan fingerprint density at radius 3 is 2.53 bits per heavy atom. The molecule has 1 N–H and O–H groups in total. The van der Waals surface area contributed by atoms with Crippen molar-refractivity contribution in [2.24, 2.45) is 5.92 Å². The first-order valence-corrected chi connectivity index (χ1v) is 11.0. The van der Waals surface area contributed by atoms with Gasteiger partial charge >= 0.3 is 0 Å². The average molecular weight is 435 g/mol. The first-order chi connectivity index (χ1) is 15.5. The molecule has 0 saturated carbocycles. The summed E-state index contributed by atoms with van der Waals surface area (Å²) in [4.78, 5) is 24.7. The molecule has 1 aromatic heterocycles. The van der Waals surface area contributed by atoms with Gasteiger partial charge in [0.05, 0.1) is 37.4 Å². The SMILES string of the molecule is COc1ccc([C@@H](C)NC(=O)[C@@H]2CCCN(c3nc(C)c4ccc(OC)cc4n3)C2)cc1. The van der Waals surface area contributed by atoms with Gasteiger partial charge in [-0.25, -0.2) is 9.97 Å². The molecule has 0 aliphatic carbocycles. The van der Waals surface area contributed by atoms with E-state index in [1.165, 1.54) is 0 Å². The van der Waals surface area contributed by atoms with E-state index in [1.54, 1.807) is 14.2 Å². The molecule has 0 spiro atoms. The summed E-state index contributed by atoms with van der Waals surface area (Å²) < 4.78 is 10.6. The molecule has 1 saturated heterocycles. The first-order valence-electron chi connectivity index (χ1n) is 11.0.